The Kier molecular flexibility index (Phi) is 9.39. The van der Waals surface area contributed by atoms with Crippen LogP contribution in [0.25, 0.3) is 0 Å². The maximum atomic E-state index is 13.1. The Morgan fingerprint density at radius 1 is 1.15 bits per heavy atom. The molecule has 1 aliphatic heterocycles. The van der Waals surface area contributed by atoms with Gasteiger partial charge in [-0.1, -0.05) is 32.4 Å². The largest absolute Gasteiger partial charge is 0.314 e. The van der Waals surface area contributed by atoms with Crippen molar-refractivity contribution in [2.75, 3.05) is 26.2 Å². The molecule has 1 aromatic rings. The molecule has 116 valence electrons. The van der Waals surface area contributed by atoms with E-state index in [1.165, 1.54) is 5.56 Å². The third kappa shape index (κ3) is 4.88. The van der Waals surface area contributed by atoms with E-state index in [1.54, 1.807) is 12.1 Å². The zero-order valence-electron chi connectivity index (χ0n) is 12.1. The topological polar surface area (TPSA) is 15.3 Å². The normalized spacial score (nSPS) is 18.6. The van der Waals surface area contributed by atoms with Gasteiger partial charge in [0.1, 0.15) is 5.82 Å². The molecule has 1 aliphatic rings. The molecular weight excluding hydrogens is 298 g/mol. The van der Waals surface area contributed by atoms with Gasteiger partial charge in [0.25, 0.3) is 0 Å². The summed E-state index contributed by atoms with van der Waals surface area (Å²) < 4.78 is 13.1. The van der Waals surface area contributed by atoms with Gasteiger partial charge in [0.15, 0.2) is 0 Å². The Morgan fingerprint density at radius 3 is 2.20 bits per heavy atom. The smallest absolute Gasteiger partial charge is 0.123 e. The van der Waals surface area contributed by atoms with Crippen LogP contribution in [0.3, 0.4) is 0 Å². The third-order valence-electron chi connectivity index (χ3n) is 3.94. The summed E-state index contributed by atoms with van der Waals surface area (Å²) in [5, 5.41) is 3.39. The van der Waals surface area contributed by atoms with Gasteiger partial charge in [-0.15, -0.1) is 24.8 Å². The zero-order valence-corrected chi connectivity index (χ0v) is 13.8. The molecule has 0 radical (unpaired) electrons. The van der Waals surface area contributed by atoms with Gasteiger partial charge >= 0.3 is 0 Å². The van der Waals surface area contributed by atoms with Gasteiger partial charge in [-0.05, 0) is 23.6 Å². The van der Waals surface area contributed by atoms with E-state index in [0.29, 0.717) is 12.0 Å². The molecule has 1 heterocycles. The lowest BCUT2D eigenvalue weighted by molar-refractivity contribution is 0.128. The maximum Gasteiger partial charge on any atom is 0.123 e. The SMILES string of the molecule is CCC(C)[C@@H](c1ccc(F)cc1)N1CCNCC1.Cl.Cl. The summed E-state index contributed by atoms with van der Waals surface area (Å²) in [6.45, 7) is 8.76. The first kappa shape index (κ1) is 19.7. The first-order chi connectivity index (χ1) is 8.72. The second kappa shape index (κ2) is 9.56. The van der Waals surface area contributed by atoms with E-state index in [2.05, 4.69) is 24.1 Å². The Labute approximate surface area is 133 Å². The molecule has 1 saturated heterocycles. The number of hydrogen-bond acceptors (Lipinski definition) is 2. The highest BCUT2D eigenvalue weighted by molar-refractivity contribution is 5.85. The van der Waals surface area contributed by atoms with Gasteiger partial charge < -0.3 is 5.32 Å². The second-order valence-corrected chi connectivity index (χ2v) is 5.17. The van der Waals surface area contributed by atoms with Crippen LogP contribution < -0.4 is 5.32 Å². The molecule has 1 unspecified atom stereocenters. The number of benzene rings is 1. The zero-order chi connectivity index (χ0) is 13.0. The van der Waals surface area contributed by atoms with Gasteiger partial charge in [-0.25, -0.2) is 4.39 Å². The summed E-state index contributed by atoms with van der Waals surface area (Å²) in [6.07, 6.45) is 1.14. The molecule has 0 aromatic heterocycles. The predicted octanol–water partition coefficient (Wildman–Crippen LogP) is 3.66. The van der Waals surface area contributed by atoms with Crippen molar-refractivity contribution < 1.29 is 4.39 Å². The van der Waals surface area contributed by atoms with E-state index < -0.39 is 0 Å². The monoisotopic (exact) mass is 322 g/mol. The van der Waals surface area contributed by atoms with Gasteiger partial charge in [0.2, 0.25) is 0 Å². The number of nitrogens with one attached hydrogen (secondary N) is 1. The first-order valence-corrected chi connectivity index (χ1v) is 6.92. The lowest BCUT2D eigenvalue weighted by Gasteiger charge is -2.38. The standard InChI is InChI=1S/C15H23FN2.2ClH/c1-3-12(2)15(18-10-8-17-9-11-18)13-4-6-14(16)7-5-13;;/h4-7,12,15,17H,3,8-11H2,1-2H3;2*1H/t12?,15-;;/m0../s1. The maximum absolute atomic E-state index is 13.1. The molecule has 0 saturated carbocycles. The van der Waals surface area contributed by atoms with Gasteiger partial charge in [-0.2, -0.15) is 0 Å². The summed E-state index contributed by atoms with van der Waals surface area (Å²) in [4.78, 5) is 2.53. The Hall–Kier alpha value is -0.350. The number of halogens is 3. The van der Waals surface area contributed by atoms with Crippen molar-refractivity contribution in [2.45, 2.75) is 26.3 Å². The Bertz CT molecular complexity index is 367. The molecule has 2 rings (SSSR count). The van der Waals surface area contributed by atoms with Crippen molar-refractivity contribution >= 4 is 24.8 Å². The highest BCUT2D eigenvalue weighted by atomic mass is 35.5. The fourth-order valence-electron chi connectivity index (χ4n) is 2.74. The number of piperazine rings is 1. The van der Waals surface area contributed by atoms with E-state index in [9.17, 15) is 4.39 Å². The molecule has 20 heavy (non-hydrogen) atoms. The molecule has 1 fully saturated rings. The van der Waals surface area contributed by atoms with Crippen molar-refractivity contribution in [1.29, 1.82) is 0 Å². The van der Waals surface area contributed by atoms with Crippen LogP contribution in [-0.2, 0) is 0 Å². The predicted molar refractivity (Wildman–Crippen MR) is 87.5 cm³/mol. The highest BCUT2D eigenvalue weighted by Gasteiger charge is 2.26. The fourth-order valence-corrected chi connectivity index (χ4v) is 2.74. The molecule has 0 spiro atoms. The van der Waals surface area contributed by atoms with Crippen LogP contribution in [0.5, 0.6) is 0 Å². The summed E-state index contributed by atoms with van der Waals surface area (Å²) in [5.74, 6) is 0.440. The summed E-state index contributed by atoms with van der Waals surface area (Å²) in [6, 6.07) is 7.44. The Balaban J connectivity index is 0.00000180. The van der Waals surface area contributed by atoms with Gasteiger partial charge in [0, 0.05) is 32.2 Å². The van der Waals surface area contributed by atoms with Crippen LogP contribution in [0.1, 0.15) is 31.9 Å². The lowest BCUT2D eigenvalue weighted by Crippen LogP contribution is -2.46. The van der Waals surface area contributed by atoms with E-state index in [4.69, 9.17) is 0 Å². The van der Waals surface area contributed by atoms with E-state index in [1.807, 2.05) is 12.1 Å². The lowest BCUT2D eigenvalue weighted by atomic mass is 9.90. The summed E-state index contributed by atoms with van der Waals surface area (Å²) in [7, 11) is 0. The molecule has 2 atom stereocenters. The van der Waals surface area contributed by atoms with Crippen LogP contribution in [0, 0.1) is 11.7 Å². The minimum atomic E-state index is -0.151. The highest BCUT2D eigenvalue weighted by Crippen LogP contribution is 2.30. The summed E-state index contributed by atoms with van der Waals surface area (Å²) in [5.41, 5.74) is 1.24. The molecule has 1 N–H and O–H groups in total. The number of rotatable bonds is 4. The molecule has 0 amide bonds. The van der Waals surface area contributed by atoms with Crippen LogP contribution in [0.2, 0.25) is 0 Å². The van der Waals surface area contributed by atoms with Crippen LogP contribution >= 0.6 is 24.8 Å². The van der Waals surface area contributed by atoms with Crippen molar-refractivity contribution in [3.05, 3.63) is 35.6 Å². The second-order valence-electron chi connectivity index (χ2n) is 5.17. The molecule has 5 heteroatoms. The van der Waals surface area contributed by atoms with E-state index in [-0.39, 0.29) is 30.6 Å². The van der Waals surface area contributed by atoms with Crippen molar-refractivity contribution in [3.63, 3.8) is 0 Å². The number of hydrogen-bond donors (Lipinski definition) is 1. The van der Waals surface area contributed by atoms with Crippen molar-refractivity contribution in [1.82, 2.24) is 10.2 Å². The molecular formula is C15H25Cl2FN2. The quantitative estimate of drug-likeness (QED) is 0.910. The van der Waals surface area contributed by atoms with Crippen LogP contribution in [0.15, 0.2) is 24.3 Å². The molecule has 1 aromatic carbocycles. The van der Waals surface area contributed by atoms with E-state index >= 15 is 0 Å². The Morgan fingerprint density at radius 2 is 1.70 bits per heavy atom. The van der Waals surface area contributed by atoms with Crippen molar-refractivity contribution in [3.8, 4) is 0 Å². The average molecular weight is 323 g/mol. The van der Waals surface area contributed by atoms with Gasteiger partial charge in [-0.3, -0.25) is 4.90 Å². The third-order valence-corrected chi connectivity index (χ3v) is 3.94. The fraction of sp³-hybridized carbons (Fsp3) is 0.600. The molecule has 2 nitrogen and oxygen atoms in total. The van der Waals surface area contributed by atoms with Gasteiger partial charge in [0.05, 0.1) is 0 Å². The first-order valence-electron chi connectivity index (χ1n) is 6.92. The van der Waals surface area contributed by atoms with E-state index in [0.717, 1.165) is 32.6 Å². The number of nitrogens with zero attached hydrogens (tertiary/aromatic N) is 1. The minimum Gasteiger partial charge on any atom is -0.314 e. The van der Waals surface area contributed by atoms with Crippen molar-refractivity contribution in [2.24, 2.45) is 5.92 Å². The minimum absolute atomic E-state index is 0. The average Bonchev–Trinajstić information content (AvgIpc) is 2.42. The molecule has 0 aliphatic carbocycles. The van der Waals surface area contributed by atoms with Crippen LogP contribution in [0.4, 0.5) is 4.39 Å². The summed E-state index contributed by atoms with van der Waals surface area (Å²) >= 11 is 0. The van der Waals surface area contributed by atoms with Crippen LogP contribution in [-0.4, -0.2) is 31.1 Å². The molecule has 0 bridgehead atoms.